The van der Waals surface area contributed by atoms with E-state index >= 15 is 33.6 Å². The van der Waals surface area contributed by atoms with E-state index in [4.69, 9.17) is 5.73 Å². The Balaban J connectivity index is 1.14. The molecule has 0 spiro atoms. The van der Waals surface area contributed by atoms with Crippen LogP contribution in [0.25, 0.3) is 21.8 Å². The van der Waals surface area contributed by atoms with Gasteiger partial charge in [0.25, 0.3) is 0 Å². The summed E-state index contributed by atoms with van der Waals surface area (Å²) in [6.07, 6.45) is 4.95. The first-order chi connectivity index (χ1) is 60.6. The number of nitrogens with one attached hydrogen (secondary N) is 14. The van der Waals surface area contributed by atoms with Crippen LogP contribution in [0.2, 0.25) is 0 Å². The second kappa shape index (κ2) is 47.0. The van der Waals surface area contributed by atoms with E-state index in [0.29, 0.717) is 69.9 Å². The first-order valence-corrected chi connectivity index (χ1v) is 44.0. The van der Waals surface area contributed by atoms with Crippen molar-refractivity contribution in [1.82, 2.24) is 98.0 Å². The summed E-state index contributed by atoms with van der Waals surface area (Å²) < 4.78 is 0. The Kier molecular flexibility index (Phi) is 36.3. The second-order valence-electron chi connectivity index (χ2n) is 32.9. The smallest absolute Gasteiger partial charge is 0.245 e. The van der Waals surface area contributed by atoms with Crippen molar-refractivity contribution in [3.63, 3.8) is 0 Å². The summed E-state index contributed by atoms with van der Waals surface area (Å²) in [5, 5.41) is 51.9. The van der Waals surface area contributed by atoms with Crippen molar-refractivity contribution in [1.29, 1.82) is 0 Å². The molecule has 127 heavy (non-hydrogen) atoms. The number of carbonyl (C=O) groups is 17. The number of aromatic amines is 3. The molecule has 0 saturated carbocycles. The summed E-state index contributed by atoms with van der Waals surface area (Å²) >= 11 is 0.777. The maximum atomic E-state index is 15.6. The summed E-state index contributed by atoms with van der Waals surface area (Å²) in [6, 6.07) is 1.20. The zero-order valence-electron chi connectivity index (χ0n) is 72.6. The van der Waals surface area contributed by atoms with Crippen LogP contribution >= 0.6 is 11.8 Å². The maximum absolute atomic E-state index is 15.6. The number of amides is 16. The molecule has 3 saturated heterocycles. The Morgan fingerprint density at radius 3 is 1.75 bits per heavy atom. The van der Waals surface area contributed by atoms with Crippen molar-refractivity contribution in [2.75, 3.05) is 65.4 Å². The number of aromatic hydroxyl groups is 1. The Morgan fingerprint density at radius 2 is 1.13 bits per heavy atom. The Morgan fingerprint density at radius 1 is 0.559 bits per heavy atom. The number of thioether (sulfide) groups is 1. The number of phenolic OH excluding ortho intramolecular Hbond substituents is 1. The molecule has 3 aromatic carbocycles. The number of imidazole rings is 1. The number of phenols is 1. The van der Waals surface area contributed by atoms with E-state index in [1.165, 1.54) is 74.7 Å². The molecule has 3 aliphatic heterocycles. The summed E-state index contributed by atoms with van der Waals surface area (Å²) in [5.74, 6) is -18.5. The standard InChI is InChI=1S/C87H118N20O19S/c1-9-11-22-69-82(121)95-49(5)75(114)103-68-45-127-46-74(113)96-65(33-50-25-27-55(109)28-26-50)85(124)104(6)43-56(110)34-51(37-72(88)111)84(123)107-31-17-24-70(107)83(122)100-64(38-54-41-89-47-94-54)80(119)98-62(32-48(3)4)78(117)97-61(29-30-90-73(112)42-93-76(68)115)77(116)99-63(35-52-39-91-59-20-15-13-18-57(52)59)79(118)102-67(44-108)81(120)101-66(36-53-40-92-60-21-16-14-19-58(53)60)86(125)106(8)71(23-12-10-2)87(126)105(69)7/h13-16,18-21,25-28,39-41,47-49,51,61-71,91-92,108-109H,9-12,17,22-24,29-38,42-46H2,1-8H3,(H2,88,111)(H,89,94)(H,90,112)(H,93,115)(H,95,121)(H,96,113)(H,97,117)(H,98,119)(H,99,116)(H,100,122)(H,101,120)(H,102,118)(H,103,114)/t49-,51-,61-,62-,63-,64-,65-,66-,67-,68-,69-,70-,71-/m0/s1. The van der Waals surface area contributed by atoms with Gasteiger partial charge in [-0.15, -0.1) is 11.8 Å². The third-order valence-corrected chi connectivity index (χ3v) is 23.8. The molecule has 39 nitrogen and oxygen atoms in total. The van der Waals surface area contributed by atoms with Gasteiger partial charge in [0.2, 0.25) is 94.5 Å². The number of unbranched alkanes of at least 4 members (excludes halogenated alkanes) is 2. The molecular formula is C87H118N20O19S. The van der Waals surface area contributed by atoms with Crippen LogP contribution in [0.1, 0.15) is 134 Å². The van der Waals surface area contributed by atoms with Gasteiger partial charge in [-0.25, -0.2) is 4.98 Å². The van der Waals surface area contributed by atoms with Crippen LogP contribution in [0.3, 0.4) is 0 Å². The first kappa shape index (κ1) is 98.0. The Labute approximate surface area is 738 Å². The number of carbonyl (C=O) groups excluding carboxylic acids is 17. The molecule has 6 aromatic rings. The zero-order chi connectivity index (χ0) is 92.3. The van der Waals surface area contributed by atoms with Crippen molar-refractivity contribution < 1.29 is 91.7 Å². The van der Waals surface area contributed by atoms with Gasteiger partial charge < -0.3 is 109 Å². The fourth-order valence-corrected chi connectivity index (χ4v) is 16.6. The normalized spacial score (nSPS) is 24.8. The molecule has 686 valence electrons. The molecule has 3 fully saturated rings. The number of likely N-dealkylation sites (N-methyl/N-ethyl adjacent to an activating group) is 3. The molecule has 18 N–H and O–H groups in total. The number of aromatic nitrogens is 4. The number of ketones is 1. The monoisotopic (exact) mass is 1780 g/mol. The number of aliphatic hydroxyl groups excluding tert-OH is 1. The molecule has 0 aliphatic carbocycles. The molecule has 2 bridgehead atoms. The lowest BCUT2D eigenvalue weighted by atomic mass is 9.95. The number of hydrogen-bond acceptors (Lipinski definition) is 21. The molecule has 16 amide bonds. The largest absolute Gasteiger partial charge is 0.508 e. The maximum Gasteiger partial charge on any atom is 0.245 e. The summed E-state index contributed by atoms with van der Waals surface area (Å²) in [5.41, 5.74) is 8.72. The molecule has 6 heterocycles. The van der Waals surface area contributed by atoms with Gasteiger partial charge in [0, 0.05) is 125 Å². The highest BCUT2D eigenvalue weighted by atomic mass is 32.2. The lowest BCUT2D eigenvalue weighted by Crippen LogP contribution is -2.62. The summed E-state index contributed by atoms with van der Waals surface area (Å²) in [4.78, 5) is 269. The van der Waals surface area contributed by atoms with Crippen LogP contribution in [0.15, 0.2) is 97.7 Å². The number of para-hydroxylation sites is 2. The van der Waals surface area contributed by atoms with Crippen molar-refractivity contribution in [2.45, 2.75) is 210 Å². The molecule has 3 aliphatic rings. The molecule has 3 aromatic heterocycles. The second-order valence-corrected chi connectivity index (χ2v) is 34.0. The lowest BCUT2D eigenvalue weighted by Gasteiger charge is -2.36. The van der Waals surface area contributed by atoms with E-state index in [0.717, 1.165) is 21.6 Å². The summed E-state index contributed by atoms with van der Waals surface area (Å²) in [6.45, 7) is 5.29. The minimum Gasteiger partial charge on any atom is -0.508 e. The highest BCUT2D eigenvalue weighted by Crippen LogP contribution is 2.27. The lowest BCUT2D eigenvalue weighted by molar-refractivity contribution is -0.149. The number of fused-ring (bicyclic) bond motifs is 11. The Hall–Kier alpha value is -12.8. The molecule has 9 rings (SSSR count). The van der Waals surface area contributed by atoms with Crippen LogP contribution in [-0.4, -0.2) is 288 Å². The summed E-state index contributed by atoms with van der Waals surface area (Å²) in [7, 11) is 4.00. The van der Waals surface area contributed by atoms with E-state index in [1.54, 1.807) is 74.8 Å². The molecule has 0 radical (unpaired) electrons. The number of primary amides is 1. The van der Waals surface area contributed by atoms with Crippen molar-refractivity contribution in [2.24, 2.45) is 17.6 Å². The van der Waals surface area contributed by atoms with Crippen molar-refractivity contribution in [3.05, 3.63) is 120 Å². The number of nitrogens with zero attached hydrogens (tertiary/aromatic N) is 5. The average Bonchev–Trinajstić information content (AvgIpc) is 1.75. The SMILES string of the molecule is CCCC[C@H]1C(=O)N(C)[C@@H](CCCC)C(=O)N[C@@H](C)C(=O)N[C@H]2CSCC(=O)N[C@@H](Cc3ccc(O)cc3)C(=O)N(C)CC(=O)C[C@@H](CC(N)=O)C(=O)N3CCC[C@H]3C(=O)N[C@@H](Cc3cnc[nH]3)C(=O)N[C@@H](CC(C)C)C(=O)N[C@@H](CCNC(=O)CNC2=O)C(=O)N[C@@H](Cc2c[nH]c3ccccc23)C(=O)N[C@@H](CO)C(=O)N[C@@H](Cc2c[nH]c3ccccc23)C(=O)N1C. The number of rotatable bonds is 19. The van der Waals surface area contributed by atoms with Crippen LogP contribution < -0.4 is 64.2 Å². The predicted molar refractivity (Wildman–Crippen MR) is 467 cm³/mol. The van der Waals surface area contributed by atoms with Gasteiger partial charge in [0.15, 0.2) is 5.78 Å². The molecular weight excluding hydrogens is 1660 g/mol. The number of hydrogen-bond donors (Lipinski definition) is 17. The highest BCUT2D eigenvalue weighted by Gasteiger charge is 2.44. The minimum atomic E-state index is -1.88. The number of aliphatic hydroxyl groups is 1. The predicted octanol–water partition coefficient (Wildman–Crippen LogP) is -0.913. The van der Waals surface area contributed by atoms with E-state index in [-0.39, 0.29) is 70.1 Å². The topological polar surface area (TPSA) is 562 Å². The van der Waals surface area contributed by atoms with Gasteiger partial charge >= 0.3 is 0 Å². The fourth-order valence-electron chi connectivity index (χ4n) is 15.7. The van der Waals surface area contributed by atoms with Crippen LogP contribution in [0.5, 0.6) is 5.75 Å². The van der Waals surface area contributed by atoms with Gasteiger partial charge in [0.1, 0.15) is 78.3 Å². The quantitative estimate of drug-likeness (QED) is 0.0467. The van der Waals surface area contributed by atoms with E-state index in [1.807, 2.05) is 13.8 Å². The first-order valence-electron chi connectivity index (χ1n) is 42.8. The van der Waals surface area contributed by atoms with E-state index in [9.17, 15) is 58.2 Å². The van der Waals surface area contributed by atoms with Gasteiger partial charge in [-0.2, -0.15) is 0 Å². The van der Waals surface area contributed by atoms with Crippen molar-refractivity contribution >= 4 is 134 Å². The van der Waals surface area contributed by atoms with Gasteiger partial charge in [-0.05, 0) is 92.3 Å². The van der Waals surface area contributed by atoms with Gasteiger partial charge in [-0.3, -0.25) is 81.5 Å². The molecule has 40 heteroatoms. The third kappa shape index (κ3) is 27.6. The van der Waals surface area contributed by atoms with Crippen LogP contribution in [0, 0.1) is 11.8 Å². The van der Waals surface area contributed by atoms with Crippen LogP contribution in [-0.2, 0) is 107 Å². The molecule has 13 atom stereocenters. The molecule has 0 unspecified atom stereocenters. The Bertz CT molecular complexity index is 4920. The zero-order valence-corrected chi connectivity index (χ0v) is 73.5. The van der Waals surface area contributed by atoms with E-state index in [2.05, 4.69) is 78.4 Å². The average molecular weight is 1780 g/mol. The van der Waals surface area contributed by atoms with Crippen molar-refractivity contribution in [3.8, 4) is 5.75 Å². The van der Waals surface area contributed by atoms with E-state index < -0.39 is 242 Å². The van der Waals surface area contributed by atoms with Gasteiger partial charge in [0.05, 0.1) is 37.7 Å². The number of H-pyrrole nitrogens is 3. The fraction of sp³-hybridized carbons (Fsp3) is 0.517. The van der Waals surface area contributed by atoms with Gasteiger partial charge in [-0.1, -0.05) is 102 Å². The number of benzene rings is 3. The third-order valence-electron chi connectivity index (χ3n) is 22.7. The number of Topliss-reactive ketones (excluding diaryl/α,β-unsaturated/α-hetero) is 1. The number of nitrogens with two attached hydrogens (primary N) is 1. The minimum absolute atomic E-state index is 0.0308. The van der Waals surface area contributed by atoms with Crippen LogP contribution in [0.4, 0.5) is 0 Å². The highest BCUT2D eigenvalue weighted by molar-refractivity contribution is 8.00.